The normalized spacial score (nSPS) is 9.00. The Hall–Kier alpha value is 1.11. The Kier molecular flexibility index (Phi) is 17.5. The van der Waals surface area contributed by atoms with Gasteiger partial charge in [-0.25, -0.2) is 0 Å². The first-order chi connectivity index (χ1) is 4.41. The predicted octanol–water partition coefficient (Wildman–Crippen LogP) is 0.296. The molecule has 0 aliphatic heterocycles. The molecule has 0 aromatic carbocycles. The fourth-order valence-corrected chi connectivity index (χ4v) is 0.387. The Labute approximate surface area is 91.2 Å². The SMILES string of the molecule is COCCOCCOC.[Lu]. The quantitative estimate of drug-likeness (QED) is 0.661. The molecule has 0 bridgehead atoms. The van der Waals surface area contributed by atoms with Gasteiger partial charge in [-0.2, -0.15) is 0 Å². The largest absolute Gasteiger partial charge is 0.382 e. The molecule has 1 radical (unpaired) electrons. The minimum absolute atomic E-state index is 0. The van der Waals surface area contributed by atoms with Crippen molar-refractivity contribution in [2.75, 3.05) is 40.6 Å². The molecule has 0 amide bonds. The van der Waals surface area contributed by atoms with Gasteiger partial charge in [-0.15, -0.1) is 0 Å². The monoisotopic (exact) mass is 309 g/mol. The molecule has 0 saturated carbocycles. The van der Waals surface area contributed by atoms with Gasteiger partial charge < -0.3 is 14.2 Å². The van der Waals surface area contributed by atoms with Gasteiger partial charge in [0, 0.05) is 51.1 Å². The zero-order valence-corrected chi connectivity index (χ0v) is 7.97. The fraction of sp³-hybridized carbons (Fsp3) is 1.00. The maximum absolute atomic E-state index is 5.06. The molecule has 0 spiro atoms. The summed E-state index contributed by atoms with van der Waals surface area (Å²) in [5, 5.41) is 0. The van der Waals surface area contributed by atoms with Crippen LogP contribution in [0.2, 0.25) is 0 Å². The molecule has 71 valence electrons. The van der Waals surface area contributed by atoms with Gasteiger partial charge in [-0.05, 0) is 0 Å². The Balaban J connectivity index is 0. The summed E-state index contributed by atoms with van der Waals surface area (Å²) in [7, 11) is 3.30. The second kappa shape index (κ2) is 12.8. The van der Waals surface area contributed by atoms with E-state index >= 15 is 0 Å². The Morgan fingerprint density at radius 1 is 0.800 bits per heavy atom. The standard InChI is InChI=1S/C6H14O3.Lu/c1-7-3-5-9-6-4-8-2;/h3-6H2,1-2H3;. The van der Waals surface area contributed by atoms with Crippen molar-refractivity contribution in [3.63, 3.8) is 0 Å². The van der Waals surface area contributed by atoms with Gasteiger partial charge in [0.2, 0.25) is 0 Å². The van der Waals surface area contributed by atoms with Crippen molar-refractivity contribution in [3.05, 3.63) is 0 Å². The summed E-state index contributed by atoms with van der Waals surface area (Å²) in [5.74, 6) is 0. The van der Waals surface area contributed by atoms with Crippen LogP contribution in [-0.4, -0.2) is 40.6 Å². The first-order valence-electron chi connectivity index (χ1n) is 2.97. The third-order valence-corrected chi connectivity index (χ3v) is 0.864. The molecule has 0 aromatic heterocycles. The summed E-state index contributed by atoms with van der Waals surface area (Å²) in [4.78, 5) is 0. The van der Waals surface area contributed by atoms with Gasteiger partial charge in [-0.1, -0.05) is 0 Å². The Bertz CT molecular complexity index is 46.3. The topological polar surface area (TPSA) is 27.7 Å². The molecular formula is C6H14LuO3. The average molecular weight is 309 g/mol. The minimum atomic E-state index is 0. The second-order valence-electron chi connectivity index (χ2n) is 1.60. The van der Waals surface area contributed by atoms with Crippen molar-refractivity contribution in [1.82, 2.24) is 0 Å². The van der Waals surface area contributed by atoms with Gasteiger partial charge in [0.05, 0.1) is 26.4 Å². The fourth-order valence-electron chi connectivity index (χ4n) is 0.387. The number of rotatable bonds is 6. The molecule has 0 atom stereocenters. The first-order valence-corrected chi connectivity index (χ1v) is 2.97. The maximum Gasteiger partial charge on any atom is 0.0701 e. The van der Waals surface area contributed by atoms with E-state index in [1.165, 1.54) is 0 Å². The van der Waals surface area contributed by atoms with E-state index in [9.17, 15) is 0 Å². The molecule has 4 heteroatoms. The van der Waals surface area contributed by atoms with Crippen molar-refractivity contribution in [2.24, 2.45) is 0 Å². The van der Waals surface area contributed by atoms with E-state index in [-0.39, 0.29) is 36.9 Å². The third kappa shape index (κ3) is 11.9. The van der Waals surface area contributed by atoms with Crippen LogP contribution in [0.25, 0.3) is 0 Å². The minimum Gasteiger partial charge on any atom is -0.382 e. The van der Waals surface area contributed by atoms with E-state index in [0.717, 1.165) is 0 Å². The molecule has 0 unspecified atom stereocenters. The van der Waals surface area contributed by atoms with Gasteiger partial charge in [0.15, 0.2) is 0 Å². The predicted molar refractivity (Wildman–Crippen MR) is 34.6 cm³/mol. The maximum atomic E-state index is 5.06. The molecule has 10 heavy (non-hydrogen) atoms. The van der Waals surface area contributed by atoms with Crippen molar-refractivity contribution in [1.29, 1.82) is 0 Å². The van der Waals surface area contributed by atoms with Crippen LogP contribution in [0, 0.1) is 36.9 Å². The van der Waals surface area contributed by atoms with E-state index in [1.54, 1.807) is 14.2 Å². The van der Waals surface area contributed by atoms with E-state index < -0.39 is 0 Å². The molecule has 0 aliphatic carbocycles. The molecule has 0 heterocycles. The van der Waals surface area contributed by atoms with Crippen molar-refractivity contribution < 1.29 is 51.1 Å². The number of hydrogen-bond acceptors (Lipinski definition) is 3. The van der Waals surface area contributed by atoms with Crippen LogP contribution in [0.1, 0.15) is 0 Å². The zero-order valence-electron chi connectivity index (χ0n) is 6.31. The summed E-state index contributed by atoms with van der Waals surface area (Å²) < 4.78 is 14.6. The smallest absolute Gasteiger partial charge is 0.0701 e. The third-order valence-electron chi connectivity index (χ3n) is 0.864. The van der Waals surface area contributed by atoms with E-state index in [4.69, 9.17) is 14.2 Å². The molecule has 3 nitrogen and oxygen atoms in total. The van der Waals surface area contributed by atoms with E-state index in [0.29, 0.717) is 26.4 Å². The molecule has 0 N–H and O–H groups in total. The van der Waals surface area contributed by atoms with Gasteiger partial charge in [0.25, 0.3) is 0 Å². The molecule has 0 rings (SSSR count). The van der Waals surface area contributed by atoms with Crippen LogP contribution in [0.5, 0.6) is 0 Å². The van der Waals surface area contributed by atoms with Crippen molar-refractivity contribution >= 4 is 0 Å². The number of hydrogen-bond donors (Lipinski definition) is 0. The molecule has 0 saturated heterocycles. The van der Waals surface area contributed by atoms with Crippen molar-refractivity contribution in [2.45, 2.75) is 0 Å². The zero-order chi connectivity index (χ0) is 6.95. The van der Waals surface area contributed by atoms with E-state index in [1.807, 2.05) is 0 Å². The molecule has 0 fully saturated rings. The van der Waals surface area contributed by atoms with E-state index in [2.05, 4.69) is 0 Å². The van der Waals surface area contributed by atoms with Crippen LogP contribution in [0.15, 0.2) is 0 Å². The average Bonchev–Trinajstić information content (AvgIpc) is 1.89. The van der Waals surface area contributed by atoms with Gasteiger partial charge in [-0.3, -0.25) is 0 Å². The van der Waals surface area contributed by atoms with Gasteiger partial charge in [0.1, 0.15) is 0 Å². The summed E-state index contributed by atoms with van der Waals surface area (Å²) in [5.41, 5.74) is 0. The molecular weight excluding hydrogens is 295 g/mol. The Morgan fingerprint density at radius 2 is 1.20 bits per heavy atom. The number of ether oxygens (including phenoxy) is 3. The number of methoxy groups -OCH3 is 2. The van der Waals surface area contributed by atoms with Crippen LogP contribution in [0.4, 0.5) is 0 Å². The van der Waals surface area contributed by atoms with Crippen LogP contribution in [0.3, 0.4) is 0 Å². The molecule has 0 aromatic rings. The summed E-state index contributed by atoms with van der Waals surface area (Å²) in [6, 6.07) is 0. The van der Waals surface area contributed by atoms with Crippen molar-refractivity contribution in [3.8, 4) is 0 Å². The van der Waals surface area contributed by atoms with Crippen LogP contribution < -0.4 is 0 Å². The van der Waals surface area contributed by atoms with Crippen LogP contribution >= 0.6 is 0 Å². The van der Waals surface area contributed by atoms with Crippen LogP contribution in [-0.2, 0) is 14.2 Å². The Morgan fingerprint density at radius 3 is 1.50 bits per heavy atom. The summed E-state index contributed by atoms with van der Waals surface area (Å²) >= 11 is 0. The molecule has 0 aliphatic rings. The summed E-state index contributed by atoms with van der Waals surface area (Å²) in [6.07, 6.45) is 0. The van der Waals surface area contributed by atoms with Gasteiger partial charge >= 0.3 is 0 Å². The second-order valence-corrected chi connectivity index (χ2v) is 1.60. The summed E-state index contributed by atoms with van der Waals surface area (Å²) in [6.45, 7) is 2.62. The first kappa shape index (κ1) is 13.7.